The lowest BCUT2D eigenvalue weighted by atomic mass is 9.95. The first-order valence-corrected chi connectivity index (χ1v) is 16.7. The van der Waals surface area contributed by atoms with Crippen LogP contribution in [0, 0.1) is 0 Å². The van der Waals surface area contributed by atoms with Gasteiger partial charge in [0.1, 0.15) is 5.58 Å². The quantitative estimate of drug-likeness (QED) is 0.207. The summed E-state index contributed by atoms with van der Waals surface area (Å²) in [7, 11) is 0. The lowest BCUT2D eigenvalue weighted by Crippen LogP contribution is -2.36. The molecule has 0 aliphatic carbocycles. The molecule has 0 spiro atoms. The van der Waals surface area contributed by atoms with E-state index in [9.17, 15) is 0 Å². The topological polar surface area (TPSA) is 47.4 Å². The summed E-state index contributed by atoms with van der Waals surface area (Å²) >= 11 is 0. The molecule has 4 heterocycles. The van der Waals surface area contributed by atoms with Crippen LogP contribution in [0.4, 0.5) is 5.88 Å². The third kappa shape index (κ3) is 3.78. The Hall–Kier alpha value is -6.59. The lowest BCUT2D eigenvalue weighted by Gasteiger charge is -2.26. The van der Waals surface area contributed by atoms with Crippen molar-refractivity contribution in [3.05, 3.63) is 169 Å². The highest BCUT2D eigenvalue weighted by Crippen LogP contribution is 2.44. The third-order valence-corrected chi connectivity index (χ3v) is 10.2. The summed E-state index contributed by atoms with van der Waals surface area (Å²) in [5.74, 6) is 1.37. The van der Waals surface area contributed by atoms with Crippen molar-refractivity contribution in [3.63, 3.8) is 0 Å². The molecule has 0 radical (unpaired) electrons. The lowest BCUT2D eigenvalue weighted by molar-refractivity contribution is 0.601. The van der Waals surface area contributed by atoms with Crippen LogP contribution in [-0.4, -0.2) is 15.1 Å². The maximum absolute atomic E-state index is 6.55. The Bertz CT molecular complexity index is 2980. The van der Waals surface area contributed by atoms with Crippen molar-refractivity contribution in [2.75, 3.05) is 0 Å². The molecule has 0 bridgehead atoms. The molecule has 230 valence electrons. The van der Waals surface area contributed by atoms with Crippen molar-refractivity contribution in [1.29, 1.82) is 0 Å². The number of para-hydroxylation sites is 4. The predicted molar refractivity (Wildman–Crippen MR) is 201 cm³/mol. The van der Waals surface area contributed by atoms with Gasteiger partial charge in [-0.05, 0) is 64.9 Å². The molecule has 11 rings (SSSR count). The number of aromatic nitrogens is 2. The van der Waals surface area contributed by atoms with Gasteiger partial charge in [0.15, 0.2) is 0 Å². The van der Waals surface area contributed by atoms with Crippen LogP contribution in [0.5, 0.6) is 0 Å². The zero-order valence-electron chi connectivity index (χ0n) is 26.3. The van der Waals surface area contributed by atoms with Crippen molar-refractivity contribution >= 4 is 77.2 Å². The SMILES string of the molecule is c1ccc(-n2c3ccccc3c3ccc(C4NC(n5c6ccccc6c6cc7ccccc7cc65)=Nc5oc6ccccc6c54)cc32)cc1. The molecule has 7 aromatic carbocycles. The van der Waals surface area contributed by atoms with Crippen LogP contribution in [0.3, 0.4) is 0 Å². The van der Waals surface area contributed by atoms with Crippen molar-refractivity contribution in [2.45, 2.75) is 6.04 Å². The highest BCUT2D eigenvalue weighted by atomic mass is 16.3. The van der Waals surface area contributed by atoms with Gasteiger partial charge in [-0.1, -0.05) is 109 Å². The van der Waals surface area contributed by atoms with Crippen molar-refractivity contribution in [1.82, 2.24) is 14.5 Å². The average molecular weight is 629 g/mol. The molecule has 1 aliphatic heterocycles. The van der Waals surface area contributed by atoms with Crippen molar-refractivity contribution in [3.8, 4) is 5.69 Å². The van der Waals surface area contributed by atoms with Crippen LogP contribution in [0.2, 0.25) is 0 Å². The van der Waals surface area contributed by atoms with Crippen LogP contribution in [0.25, 0.3) is 71.0 Å². The summed E-state index contributed by atoms with van der Waals surface area (Å²) in [5, 5.41) is 12.3. The van der Waals surface area contributed by atoms with Crippen molar-refractivity contribution < 1.29 is 4.42 Å². The minimum absolute atomic E-state index is 0.213. The Morgan fingerprint density at radius 3 is 1.92 bits per heavy atom. The van der Waals surface area contributed by atoms with Crippen LogP contribution in [0.15, 0.2) is 167 Å². The average Bonchev–Trinajstić information content (AvgIpc) is 3.81. The van der Waals surface area contributed by atoms with Gasteiger partial charge in [0.25, 0.3) is 0 Å². The fraction of sp³-hybridized carbons (Fsp3) is 0.0227. The van der Waals surface area contributed by atoms with E-state index in [0.717, 1.165) is 50.3 Å². The van der Waals surface area contributed by atoms with E-state index in [1.165, 1.54) is 37.8 Å². The maximum Gasteiger partial charge on any atom is 0.228 e. The van der Waals surface area contributed by atoms with E-state index in [2.05, 4.69) is 160 Å². The summed E-state index contributed by atoms with van der Waals surface area (Å²) in [4.78, 5) is 5.24. The molecule has 10 aromatic rings. The molecule has 0 fully saturated rings. The van der Waals surface area contributed by atoms with E-state index in [1.807, 2.05) is 12.1 Å². The van der Waals surface area contributed by atoms with E-state index in [0.29, 0.717) is 5.88 Å². The molecular formula is C44H28N4O. The number of aliphatic imine (C=N–C) groups is 1. The number of furan rings is 1. The maximum atomic E-state index is 6.55. The molecular weight excluding hydrogens is 601 g/mol. The van der Waals surface area contributed by atoms with Gasteiger partial charge >= 0.3 is 0 Å². The molecule has 5 heteroatoms. The molecule has 0 amide bonds. The summed E-state index contributed by atoms with van der Waals surface area (Å²) < 4.78 is 11.2. The Morgan fingerprint density at radius 1 is 0.490 bits per heavy atom. The Kier molecular flexibility index (Phi) is 5.38. The Labute approximate surface area is 280 Å². The zero-order valence-corrected chi connectivity index (χ0v) is 26.3. The number of benzene rings is 7. The number of nitrogens with zero attached hydrogens (tertiary/aromatic N) is 3. The van der Waals surface area contributed by atoms with Crippen LogP contribution < -0.4 is 5.32 Å². The first-order valence-electron chi connectivity index (χ1n) is 16.7. The number of rotatable bonds is 2. The van der Waals surface area contributed by atoms with Gasteiger partial charge in [-0.2, -0.15) is 4.99 Å². The standard InChI is InChI=1S/C44H28N4O/c1-2-14-30(15-3-1)47-36-19-9-6-16-31(36)33-23-22-29(26-38(33)47)42-41-34-18-8-11-21-40(34)49-43(41)46-44(45-42)48-37-20-10-7-17-32(37)35-24-27-12-4-5-13-28(27)25-39(35)48/h1-26,42H,(H,45,46). The molecule has 0 saturated heterocycles. The molecule has 3 aromatic heterocycles. The summed E-state index contributed by atoms with van der Waals surface area (Å²) in [6, 6.07) is 55.9. The van der Waals surface area contributed by atoms with E-state index < -0.39 is 0 Å². The second-order valence-electron chi connectivity index (χ2n) is 12.9. The molecule has 5 nitrogen and oxygen atoms in total. The number of fused-ring (bicyclic) bond motifs is 10. The summed E-state index contributed by atoms with van der Waals surface area (Å²) in [5.41, 5.74) is 8.70. The van der Waals surface area contributed by atoms with Gasteiger partial charge in [0.2, 0.25) is 11.8 Å². The van der Waals surface area contributed by atoms with Gasteiger partial charge < -0.3 is 14.3 Å². The van der Waals surface area contributed by atoms with Gasteiger partial charge in [-0.15, -0.1) is 0 Å². The smallest absolute Gasteiger partial charge is 0.228 e. The van der Waals surface area contributed by atoms with Gasteiger partial charge in [-0.3, -0.25) is 4.57 Å². The number of nitrogens with one attached hydrogen (secondary N) is 1. The molecule has 1 unspecified atom stereocenters. The monoisotopic (exact) mass is 628 g/mol. The second-order valence-corrected chi connectivity index (χ2v) is 12.9. The van der Waals surface area contributed by atoms with E-state index in [-0.39, 0.29) is 6.04 Å². The highest BCUT2D eigenvalue weighted by Gasteiger charge is 2.32. The normalized spacial score (nSPS) is 14.6. The van der Waals surface area contributed by atoms with Gasteiger partial charge in [0, 0.05) is 32.6 Å². The fourth-order valence-electron chi connectivity index (χ4n) is 8.01. The molecule has 1 N–H and O–H groups in total. The van der Waals surface area contributed by atoms with Crippen LogP contribution >= 0.6 is 0 Å². The molecule has 0 saturated carbocycles. The van der Waals surface area contributed by atoms with Gasteiger partial charge in [0.05, 0.1) is 33.7 Å². The van der Waals surface area contributed by atoms with Crippen LogP contribution in [0.1, 0.15) is 17.2 Å². The van der Waals surface area contributed by atoms with E-state index >= 15 is 0 Å². The first kappa shape index (κ1) is 26.5. The first-order chi connectivity index (χ1) is 24.3. The molecule has 1 atom stereocenters. The molecule has 1 aliphatic rings. The van der Waals surface area contributed by atoms with E-state index in [1.54, 1.807) is 0 Å². The highest BCUT2D eigenvalue weighted by molar-refractivity contribution is 6.18. The minimum atomic E-state index is -0.213. The summed E-state index contributed by atoms with van der Waals surface area (Å²) in [6.45, 7) is 0. The number of hydrogen-bond donors (Lipinski definition) is 1. The predicted octanol–water partition coefficient (Wildman–Crippen LogP) is 11.0. The summed E-state index contributed by atoms with van der Waals surface area (Å²) in [6.07, 6.45) is 0. The second kappa shape index (κ2) is 9.96. The fourth-order valence-corrected chi connectivity index (χ4v) is 8.01. The largest absolute Gasteiger partial charge is 0.438 e. The van der Waals surface area contributed by atoms with Gasteiger partial charge in [-0.25, -0.2) is 0 Å². The molecule has 49 heavy (non-hydrogen) atoms. The zero-order chi connectivity index (χ0) is 32.1. The Morgan fingerprint density at radius 2 is 1.10 bits per heavy atom. The Balaban J connectivity index is 1.18. The van der Waals surface area contributed by atoms with Crippen molar-refractivity contribution in [2.24, 2.45) is 4.99 Å². The number of hydrogen-bond acceptors (Lipinski definition) is 3. The third-order valence-electron chi connectivity index (χ3n) is 10.2. The van der Waals surface area contributed by atoms with E-state index in [4.69, 9.17) is 9.41 Å². The van der Waals surface area contributed by atoms with Crippen LogP contribution in [-0.2, 0) is 0 Å². The minimum Gasteiger partial charge on any atom is -0.438 e.